The van der Waals surface area contributed by atoms with Crippen LogP contribution in [0.25, 0.3) is 0 Å². The zero-order valence-electron chi connectivity index (χ0n) is 7.04. The van der Waals surface area contributed by atoms with Crippen LogP contribution in [0.1, 0.15) is 13.3 Å². The molecule has 0 aliphatic carbocycles. The number of hydrogen-bond donors (Lipinski definition) is 2. The maximum Gasteiger partial charge on any atom is 0.330 e. The third-order valence-corrected chi connectivity index (χ3v) is 1.77. The standard InChI is InChI=1S/C8H13NO3/c1-6(8(10)11)2-3-7-9-4-5-12-7/h2,7,9H,3-5H2,1H3,(H,10,11). The highest BCUT2D eigenvalue weighted by atomic mass is 16.5. The Hall–Kier alpha value is -0.870. The number of carbonyl (C=O) groups is 1. The second-order valence-corrected chi connectivity index (χ2v) is 2.74. The van der Waals surface area contributed by atoms with Crippen LogP contribution in [0.5, 0.6) is 0 Å². The van der Waals surface area contributed by atoms with Gasteiger partial charge in [0.05, 0.1) is 6.61 Å². The summed E-state index contributed by atoms with van der Waals surface area (Å²) in [5.41, 5.74) is 0.368. The molecule has 0 amide bonds. The second kappa shape index (κ2) is 4.23. The van der Waals surface area contributed by atoms with Crippen LogP contribution in [0.4, 0.5) is 0 Å². The van der Waals surface area contributed by atoms with Crippen molar-refractivity contribution in [3.05, 3.63) is 11.6 Å². The molecular formula is C8H13NO3. The van der Waals surface area contributed by atoms with Crippen molar-refractivity contribution in [1.29, 1.82) is 0 Å². The summed E-state index contributed by atoms with van der Waals surface area (Å²) in [7, 11) is 0. The molecule has 4 heteroatoms. The van der Waals surface area contributed by atoms with Crippen LogP contribution >= 0.6 is 0 Å². The molecule has 0 aromatic heterocycles. The lowest BCUT2D eigenvalue weighted by atomic mass is 10.2. The minimum Gasteiger partial charge on any atom is -0.478 e. The summed E-state index contributed by atoms with van der Waals surface area (Å²) in [6, 6.07) is 0. The molecule has 1 rings (SSSR count). The van der Waals surface area contributed by atoms with Gasteiger partial charge in [0, 0.05) is 18.5 Å². The topological polar surface area (TPSA) is 58.6 Å². The summed E-state index contributed by atoms with van der Waals surface area (Å²) < 4.78 is 5.23. The first-order valence-electron chi connectivity index (χ1n) is 3.95. The van der Waals surface area contributed by atoms with Gasteiger partial charge in [0.2, 0.25) is 0 Å². The van der Waals surface area contributed by atoms with Gasteiger partial charge in [0.25, 0.3) is 0 Å². The Balaban J connectivity index is 2.31. The molecule has 0 spiro atoms. The number of rotatable bonds is 3. The molecule has 0 aromatic rings. The third-order valence-electron chi connectivity index (χ3n) is 1.77. The number of ether oxygens (including phenoxy) is 1. The van der Waals surface area contributed by atoms with E-state index in [1.54, 1.807) is 13.0 Å². The minimum absolute atomic E-state index is 0.000648. The Morgan fingerprint density at radius 1 is 1.83 bits per heavy atom. The summed E-state index contributed by atoms with van der Waals surface area (Å²) in [5.74, 6) is -0.868. The average molecular weight is 171 g/mol. The normalized spacial score (nSPS) is 24.4. The van der Waals surface area contributed by atoms with Crippen LogP contribution in [0, 0.1) is 0 Å². The van der Waals surface area contributed by atoms with E-state index in [1.807, 2.05) is 0 Å². The first-order chi connectivity index (χ1) is 5.70. The fraction of sp³-hybridized carbons (Fsp3) is 0.625. The average Bonchev–Trinajstić information content (AvgIpc) is 2.51. The predicted molar refractivity (Wildman–Crippen MR) is 43.8 cm³/mol. The van der Waals surface area contributed by atoms with E-state index >= 15 is 0 Å². The third kappa shape index (κ3) is 2.64. The van der Waals surface area contributed by atoms with Gasteiger partial charge in [-0.15, -0.1) is 0 Å². The molecule has 2 N–H and O–H groups in total. The summed E-state index contributed by atoms with van der Waals surface area (Å²) in [6.45, 7) is 3.15. The molecule has 1 fully saturated rings. The van der Waals surface area contributed by atoms with E-state index in [0.29, 0.717) is 18.6 Å². The van der Waals surface area contributed by atoms with Gasteiger partial charge in [-0.25, -0.2) is 4.79 Å². The van der Waals surface area contributed by atoms with E-state index in [-0.39, 0.29) is 6.23 Å². The van der Waals surface area contributed by atoms with Gasteiger partial charge in [-0.3, -0.25) is 5.32 Å². The predicted octanol–water partition coefficient (Wildman–Crippen LogP) is 0.353. The molecule has 1 aliphatic heterocycles. The van der Waals surface area contributed by atoms with Crippen LogP contribution < -0.4 is 5.32 Å². The van der Waals surface area contributed by atoms with Gasteiger partial charge in [0.1, 0.15) is 6.23 Å². The number of nitrogens with one attached hydrogen (secondary N) is 1. The van der Waals surface area contributed by atoms with Gasteiger partial charge in [0.15, 0.2) is 0 Å². The molecule has 1 aliphatic rings. The molecule has 1 atom stereocenters. The molecule has 1 saturated heterocycles. The van der Waals surface area contributed by atoms with Crippen LogP contribution in [0.2, 0.25) is 0 Å². The molecule has 0 saturated carbocycles. The summed E-state index contributed by atoms with van der Waals surface area (Å²) in [4.78, 5) is 10.4. The van der Waals surface area contributed by atoms with Crippen LogP contribution in [-0.2, 0) is 9.53 Å². The molecule has 1 heterocycles. The summed E-state index contributed by atoms with van der Waals surface area (Å²) >= 11 is 0. The number of carboxylic acids is 1. The number of aliphatic carboxylic acids is 1. The van der Waals surface area contributed by atoms with Gasteiger partial charge >= 0.3 is 5.97 Å². The Bertz CT molecular complexity index is 194. The number of carboxylic acid groups (broad SMARTS) is 1. The molecule has 0 aromatic carbocycles. The van der Waals surface area contributed by atoms with Crippen LogP contribution in [-0.4, -0.2) is 30.5 Å². The molecule has 68 valence electrons. The highest BCUT2D eigenvalue weighted by Gasteiger charge is 2.12. The smallest absolute Gasteiger partial charge is 0.330 e. The zero-order valence-corrected chi connectivity index (χ0v) is 7.04. The van der Waals surface area contributed by atoms with E-state index in [1.165, 1.54) is 0 Å². The van der Waals surface area contributed by atoms with Crippen molar-refractivity contribution < 1.29 is 14.6 Å². The summed E-state index contributed by atoms with van der Waals surface area (Å²) in [5, 5.41) is 11.6. The maximum atomic E-state index is 10.4. The molecule has 12 heavy (non-hydrogen) atoms. The fourth-order valence-electron chi connectivity index (χ4n) is 1.00. The van der Waals surface area contributed by atoms with E-state index in [9.17, 15) is 4.79 Å². The van der Waals surface area contributed by atoms with Gasteiger partial charge in [-0.2, -0.15) is 0 Å². The lowest BCUT2D eigenvalue weighted by molar-refractivity contribution is -0.132. The van der Waals surface area contributed by atoms with E-state index in [0.717, 1.165) is 6.54 Å². The molecule has 1 unspecified atom stereocenters. The van der Waals surface area contributed by atoms with Crippen LogP contribution in [0.15, 0.2) is 11.6 Å². The Morgan fingerprint density at radius 2 is 2.58 bits per heavy atom. The largest absolute Gasteiger partial charge is 0.478 e. The van der Waals surface area contributed by atoms with E-state index in [4.69, 9.17) is 9.84 Å². The first-order valence-corrected chi connectivity index (χ1v) is 3.95. The monoisotopic (exact) mass is 171 g/mol. The van der Waals surface area contributed by atoms with Crippen molar-refractivity contribution in [1.82, 2.24) is 5.32 Å². The van der Waals surface area contributed by atoms with Crippen molar-refractivity contribution in [3.8, 4) is 0 Å². The fourth-order valence-corrected chi connectivity index (χ4v) is 1.00. The molecule has 4 nitrogen and oxygen atoms in total. The van der Waals surface area contributed by atoms with Crippen molar-refractivity contribution in [2.75, 3.05) is 13.2 Å². The number of hydrogen-bond acceptors (Lipinski definition) is 3. The van der Waals surface area contributed by atoms with E-state index < -0.39 is 5.97 Å². The second-order valence-electron chi connectivity index (χ2n) is 2.74. The molecular weight excluding hydrogens is 158 g/mol. The van der Waals surface area contributed by atoms with E-state index in [2.05, 4.69) is 5.32 Å². The van der Waals surface area contributed by atoms with Crippen molar-refractivity contribution in [3.63, 3.8) is 0 Å². The Morgan fingerprint density at radius 3 is 3.08 bits per heavy atom. The molecule has 0 bridgehead atoms. The van der Waals surface area contributed by atoms with Crippen LogP contribution in [0.3, 0.4) is 0 Å². The zero-order chi connectivity index (χ0) is 8.97. The Kier molecular flexibility index (Phi) is 3.25. The maximum absolute atomic E-state index is 10.4. The van der Waals surface area contributed by atoms with Crippen molar-refractivity contribution in [2.45, 2.75) is 19.6 Å². The molecule has 0 radical (unpaired) electrons. The first kappa shape index (κ1) is 9.22. The minimum atomic E-state index is -0.868. The quantitative estimate of drug-likeness (QED) is 0.602. The van der Waals surface area contributed by atoms with Gasteiger partial charge in [-0.1, -0.05) is 6.08 Å². The highest BCUT2D eigenvalue weighted by Crippen LogP contribution is 2.04. The highest BCUT2D eigenvalue weighted by molar-refractivity contribution is 5.85. The Labute approximate surface area is 71.2 Å². The van der Waals surface area contributed by atoms with Crippen molar-refractivity contribution in [2.24, 2.45) is 0 Å². The lowest BCUT2D eigenvalue weighted by Crippen LogP contribution is -2.21. The SMILES string of the molecule is CC(=CCC1NCCO1)C(=O)O. The summed E-state index contributed by atoms with van der Waals surface area (Å²) in [6.07, 6.45) is 2.29. The van der Waals surface area contributed by atoms with Gasteiger partial charge in [-0.05, 0) is 6.92 Å². The van der Waals surface area contributed by atoms with Crippen molar-refractivity contribution >= 4 is 5.97 Å². The lowest BCUT2D eigenvalue weighted by Gasteiger charge is -2.05. The van der Waals surface area contributed by atoms with Gasteiger partial charge < -0.3 is 9.84 Å².